The fourth-order valence-corrected chi connectivity index (χ4v) is 3.71. The molecule has 0 atom stereocenters. The van der Waals surface area contributed by atoms with E-state index < -0.39 is 7.12 Å². The van der Waals surface area contributed by atoms with Crippen LogP contribution in [0.5, 0.6) is 0 Å². The lowest BCUT2D eigenvalue weighted by molar-refractivity contribution is 0.00578. The summed E-state index contributed by atoms with van der Waals surface area (Å²) in [6, 6.07) is 1.91. The van der Waals surface area contributed by atoms with E-state index >= 15 is 0 Å². The van der Waals surface area contributed by atoms with Crippen LogP contribution in [-0.2, 0) is 9.31 Å². The molecule has 4 nitrogen and oxygen atoms in total. The van der Waals surface area contributed by atoms with Gasteiger partial charge >= 0.3 is 7.12 Å². The van der Waals surface area contributed by atoms with E-state index in [0.717, 1.165) is 16.5 Å². The van der Waals surface area contributed by atoms with Gasteiger partial charge in [0.2, 0.25) is 0 Å². The number of rotatable bonds is 2. The Bertz CT molecular complexity index is 692. The van der Waals surface area contributed by atoms with Gasteiger partial charge in [0.05, 0.1) is 16.2 Å². The molecule has 23 heavy (non-hydrogen) atoms. The molecule has 0 N–H and O–H groups in total. The van der Waals surface area contributed by atoms with Crippen LogP contribution in [-0.4, -0.2) is 27.3 Å². The molecule has 3 rings (SSSR count). The van der Waals surface area contributed by atoms with Crippen molar-refractivity contribution in [3.63, 3.8) is 0 Å². The highest BCUT2D eigenvalue weighted by molar-refractivity contribution is 14.2. The fraction of sp³-hybridized carbons (Fsp3) is 0.533. The predicted molar refractivity (Wildman–Crippen MR) is 109 cm³/mol. The summed E-state index contributed by atoms with van der Waals surface area (Å²) < 4.78 is 14.3. The van der Waals surface area contributed by atoms with E-state index in [4.69, 9.17) is 20.9 Å². The van der Waals surface area contributed by atoms with Crippen molar-refractivity contribution in [2.45, 2.75) is 52.7 Å². The van der Waals surface area contributed by atoms with Crippen molar-refractivity contribution in [3.8, 4) is 0 Å². The van der Waals surface area contributed by atoms with Crippen molar-refractivity contribution in [1.29, 1.82) is 0 Å². The zero-order valence-corrected chi connectivity index (χ0v) is 17.9. The van der Waals surface area contributed by atoms with Crippen molar-refractivity contribution in [2.24, 2.45) is 0 Å². The van der Waals surface area contributed by atoms with Gasteiger partial charge in [-0.1, -0.05) is 25.4 Å². The molecule has 1 fully saturated rings. The molecule has 0 aliphatic carbocycles. The smallest absolute Gasteiger partial charge is 0.399 e. The monoisotopic (exact) mass is 466 g/mol. The van der Waals surface area contributed by atoms with Gasteiger partial charge in [-0.15, -0.1) is 0 Å². The summed E-state index contributed by atoms with van der Waals surface area (Å²) >= 11 is 8.33. The van der Waals surface area contributed by atoms with Crippen molar-refractivity contribution in [3.05, 3.63) is 23.5 Å². The summed E-state index contributed by atoms with van der Waals surface area (Å²) in [7, 11) is 1.14. The molecular weight excluding hydrogens is 445 g/mol. The minimum atomic E-state index is -0.414. The highest BCUT2D eigenvalue weighted by Gasteiger charge is 2.52. The van der Waals surface area contributed by atoms with Gasteiger partial charge in [0, 0.05) is 53.6 Å². The van der Waals surface area contributed by atoms with Crippen LogP contribution in [0.2, 0.25) is 5.02 Å². The van der Waals surface area contributed by atoms with Gasteiger partial charge in [-0.3, -0.25) is 3.97 Å². The lowest BCUT2D eigenvalue weighted by Crippen LogP contribution is -2.41. The SMILES string of the molecule is CC.CC1(C)OB(c2cn(SI)c3ncc(Cl)cc23)OC1(C)C. The number of fused-ring (bicyclic) bond motifs is 1. The maximum Gasteiger partial charge on any atom is 0.497 e. The van der Waals surface area contributed by atoms with E-state index in [2.05, 4.69) is 26.2 Å². The molecule has 0 saturated carbocycles. The fourth-order valence-electron chi connectivity index (χ4n) is 2.29. The molecule has 8 heteroatoms. The minimum absolute atomic E-state index is 0.366. The topological polar surface area (TPSA) is 36.3 Å². The van der Waals surface area contributed by atoms with Crippen LogP contribution >= 0.6 is 41.9 Å². The molecule has 1 aliphatic heterocycles. The first kappa shape index (κ1) is 19.4. The third-order valence-electron chi connectivity index (χ3n) is 4.19. The van der Waals surface area contributed by atoms with E-state index in [1.165, 1.54) is 0 Å². The quantitative estimate of drug-likeness (QED) is 0.468. The Morgan fingerprint density at radius 2 is 1.78 bits per heavy atom. The molecule has 0 bridgehead atoms. The average molecular weight is 467 g/mol. The zero-order chi connectivity index (χ0) is 17.4. The molecule has 1 aliphatic rings. The lowest BCUT2D eigenvalue weighted by atomic mass is 9.79. The van der Waals surface area contributed by atoms with Crippen LogP contribution in [0.15, 0.2) is 18.5 Å². The van der Waals surface area contributed by atoms with Crippen LogP contribution in [0.25, 0.3) is 11.0 Å². The van der Waals surface area contributed by atoms with Gasteiger partial charge in [0.1, 0.15) is 5.65 Å². The molecule has 3 heterocycles. The lowest BCUT2D eigenvalue weighted by Gasteiger charge is -2.32. The van der Waals surface area contributed by atoms with Crippen LogP contribution in [0.4, 0.5) is 0 Å². The molecule has 2 aromatic rings. The zero-order valence-electron chi connectivity index (χ0n) is 14.2. The van der Waals surface area contributed by atoms with E-state index in [1.807, 2.05) is 57.8 Å². The van der Waals surface area contributed by atoms with E-state index in [-0.39, 0.29) is 11.2 Å². The Morgan fingerprint density at radius 1 is 1.22 bits per heavy atom. The van der Waals surface area contributed by atoms with Crippen molar-refractivity contribution < 1.29 is 9.31 Å². The molecule has 0 spiro atoms. The first-order valence-electron chi connectivity index (χ1n) is 7.56. The second-order valence-electron chi connectivity index (χ2n) is 6.09. The predicted octanol–water partition coefficient (Wildman–Crippen LogP) is 4.86. The van der Waals surface area contributed by atoms with Crippen molar-refractivity contribution >= 4 is 65.5 Å². The van der Waals surface area contributed by atoms with Gasteiger partial charge in [-0.05, 0) is 33.8 Å². The normalized spacial score (nSPS) is 18.9. The Labute approximate surface area is 159 Å². The van der Waals surface area contributed by atoms with Gasteiger partial charge in [-0.2, -0.15) is 0 Å². The van der Waals surface area contributed by atoms with Crippen LogP contribution in [0.1, 0.15) is 41.5 Å². The van der Waals surface area contributed by atoms with Crippen LogP contribution < -0.4 is 5.46 Å². The number of hydrogen-bond donors (Lipinski definition) is 0. The van der Waals surface area contributed by atoms with Gasteiger partial charge < -0.3 is 9.31 Å². The summed E-state index contributed by atoms with van der Waals surface area (Å²) in [5.41, 5.74) is 1.09. The highest BCUT2D eigenvalue weighted by Crippen LogP contribution is 2.37. The highest BCUT2D eigenvalue weighted by atomic mass is 127. The molecule has 1 saturated heterocycles. The average Bonchev–Trinajstić information content (AvgIpc) is 2.95. The third-order valence-corrected chi connectivity index (χ3v) is 6.10. The van der Waals surface area contributed by atoms with Gasteiger partial charge in [0.25, 0.3) is 0 Å². The van der Waals surface area contributed by atoms with E-state index in [0.29, 0.717) is 5.02 Å². The first-order chi connectivity index (χ1) is 10.7. The van der Waals surface area contributed by atoms with Crippen molar-refractivity contribution in [2.75, 3.05) is 0 Å². The van der Waals surface area contributed by atoms with E-state index in [9.17, 15) is 0 Å². The minimum Gasteiger partial charge on any atom is -0.399 e. The molecule has 2 aromatic heterocycles. The summed E-state index contributed by atoms with van der Waals surface area (Å²) in [5.74, 6) is 0. The van der Waals surface area contributed by atoms with E-state index in [1.54, 1.807) is 15.3 Å². The molecule has 0 amide bonds. The molecule has 0 aromatic carbocycles. The second kappa shape index (κ2) is 7.11. The third kappa shape index (κ3) is 3.54. The van der Waals surface area contributed by atoms with Crippen LogP contribution in [0, 0.1) is 0 Å². The summed E-state index contributed by atoms with van der Waals surface area (Å²) in [5, 5.41) is 1.57. The number of pyridine rings is 1. The Balaban J connectivity index is 0.000000924. The van der Waals surface area contributed by atoms with Gasteiger partial charge in [-0.25, -0.2) is 4.98 Å². The first-order valence-corrected chi connectivity index (χ1v) is 11.3. The Hall–Kier alpha value is 0.0449. The largest absolute Gasteiger partial charge is 0.497 e. The molecule has 126 valence electrons. The molecule has 0 radical (unpaired) electrons. The Morgan fingerprint density at radius 3 is 2.30 bits per heavy atom. The number of nitrogens with zero attached hydrogens (tertiary/aromatic N) is 2. The summed E-state index contributed by atoms with van der Waals surface area (Å²) in [4.78, 5) is 4.41. The maximum absolute atomic E-state index is 6.14. The van der Waals surface area contributed by atoms with Crippen molar-refractivity contribution in [1.82, 2.24) is 8.96 Å². The second-order valence-corrected chi connectivity index (χ2v) is 8.24. The number of halogens is 2. The molecule has 0 unspecified atom stereocenters. The summed E-state index contributed by atoms with van der Waals surface area (Å²) in [6.45, 7) is 12.2. The Kier molecular flexibility index (Phi) is 5.99. The van der Waals surface area contributed by atoms with Crippen LogP contribution in [0.3, 0.4) is 0 Å². The molecular formula is C15H21BClIN2O2S. The standard InChI is InChI=1S/C13H15BClIN2O2S.C2H6/c1-12(2)13(3,4)20-14(19-12)10-7-18(21-16)11-9(10)5-8(15)6-17-11;1-2/h5-7H,1-4H3;1-2H3. The summed E-state index contributed by atoms with van der Waals surface area (Å²) in [6.07, 6.45) is 3.66. The number of aromatic nitrogens is 2. The maximum atomic E-state index is 6.14. The van der Waals surface area contributed by atoms with Gasteiger partial charge in [0.15, 0.2) is 0 Å². The number of hydrogen-bond acceptors (Lipinski definition) is 4.